The number of aliphatic hydroxyl groups excluding tert-OH is 1. The molecule has 204 valence electrons. The van der Waals surface area contributed by atoms with Gasteiger partial charge in [-0.15, -0.1) is 0 Å². The number of fused-ring (bicyclic) bond motifs is 1. The summed E-state index contributed by atoms with van der Waals surface area (Å²) in [6.45, 7) is 7.25. The van der Waals surface area contributed by atoms with Gasteiger partial charge in [0, 0.05) is 44.5 Å². The Morgan fingerprint density at radius 1 is 1.32 bits per heavy atom. The van der Waals surface area contributed by atoms with Crippen LogP contribution in [0.25, 0.3) is 0 Å². The smallest absolute Gasteiger partial charge is 0.319 e. The van der Waals surface area contributed by atoms with Crippen LogP contribution in [0.3, 0.4) is 0 Å². The third-order valence-electron chi connectivity index (χ3n) is 6.14. The molecular weight excluding hydrogens is 500 g/mol. The van der Waals surface area contributed by atoms with Gasteiger partial charge in [-0.3, -0.25) is 4.79 Å². The van der Waals surface area contributed by atoms with Crippen molar-refractivity contribution in [3.63, 3.8) is 0 Å². The largest absolute Gasteiger partial charge is 0.488 e. The molecule has 0 unspecified atom stereocenters. The van der Waals surface area contributed by atoms with Gasteiger partial charge in [-0.2, -0.15) is 4.31 Å². The number of imidazole rings is 1. The average Bonchev–Trinajstić information content (AvgIpc) is 3.27. The molecule has 0 spiro atoms. The number of carbonyl (C=O) groups is 2. The number of amides is 3. The van der Waals surface area contributed by atoms with Gasteiger partial charge < -0.3 is 29.9 Å². The first-order valence-corrected chi connectivity index (χ1v) is 13.5. The highest BCUT2D eigenvalue weighted by Crippen LogP contribution is 2.31. The molecule has 2 aromatic rings. The second-order valence-corrected chi connectivity index (χ2v) is 11.7. The molecule has 12 nitrogen and oxygen atoms in total. The predicted molar refractivity (Wildman–Crippen MR) is 138 cm³/mol. The highest BCUT2D eigenvalue weighted by atomic mass is 32.2. The van der Waals surface area contributed by atoms with E-state index in [1.807, 2.05) is 20.8 Å². The number of anilines is 1. The fourth-order valence-corrected chi connectivity index (χ4v) is 5.12. The Kier molecular flexibility index (Phi) is 8.82. The molecule has 37 heavy (non-hydrogen) atoms. The highest BCUT2D eigenvalue weighted by molar-refractivity contribution is 7.89. The first-order chi connectivity index (χ1) is 17.3. The van der Waals surface area contributed by atoms with E-state index in [0.717, 1.165) is 0 Å². The van der Waals surface area contributed by atoms with Gasteiger partial charge in [0.1, 0.15) is 11.9 Å². The van der Waals surface area contributed by atoms with Crippen molar-refractivity contribution >= 4 is 27.6 Å². The lowest BCUT2D eigenvalue weighted by molar-refractivity contribution is 0.0387. The first-order valence-electron chi connectivity index (χ1n) is 12.1. The summed E-state index contributed by atoms with van der Waals surface area (Å²) >= 11 is 0. The summed E-state index contributed by atoms with van der Waals surface area (Å²) in [4.78, 5) is 31.2. The van der Waals surface area contributed by atoms with Gasteiger partial charge in [0.2, 0.25) is 0 Å². The molecule has 0 saturated carbocycles. The van der Waals surface area contributed by atoms with E-state index in [4.69, 9.17) is 4.74 Å². The van der Waals surface area contributed by atoms with Crippen molar-refractivity contribution in [2.24, 2.45) is 13.0 Å². The number of sulfonamides is 1. The maximum Gasteiger partial charge on any atom is 0.319 e. The van der Waals surface area contributed by atoms with Gasteiger partial charge in [-0.05, 0) is 39.0 Å². The number of urea groups is 1. The molecule has 1 aromatic carbocycles. The van der Waals surface area contributed by atoms with Crippen LogP contribution in [0.5, 0.6) is 5.75 Å². The average molecular weight is 537 g/mol. The van der Waals surface area contributed by atoms with Crippen molar-refractivity contribution < 1.29 is 27.9 Å². The molecule has 0 bridgehead atoms. The monoisotopic (exact) mass is 536 g/mol. The summed E-state index contributed by atoms with van der Waals surface area (Å²) in [5.41, 5.74) is 0.597. The molecule has 0 saturated heterocycles. The van der Waals surface area contributed by atoms with Crippen molar-refractivity contribution in [2.45, 2.75) is 50.9 Å². The topological polar surface area (TPSA) is 146 Å². The molecular formula is C24H36N6O6S. The Labute approximate surface area is 217 Å². The van der Waals surface area contributed by atoms with Crippen molar-refractivity contribution in [2.75, 3.05) is 32.1 Å². The quantitative estimate of drug-likeness (QED) is 0.463. The summed E-state index contributed by atoms with van der Waals surface area (Å²) in [6.07, 6.45) is 2.22. The van der Waals surface area contributed by atoms with Crippen LogP contribution in [-0.2, 0) is 17.1 Å². The third kappa shape index (κ3) is 6.59. The Hall–Kier alpha value is -3.16. The van der Waals surface area contributed by atoms with E-state index in [1.165, 1.54) is 29.9 Å². The summed E-state index contributed by atoms with van der Waals surface area (Å²) in [5.74, 6) is -0.374. The summed E-state index contributed by atoms with van der Waals surface area (Å²) < 4.78 is 35.1. The van der Waals surface area contributed by atoms with Crippen LogP contribution in [0.15, 0.2) is 35.7 Å². The summed E-state index contributed by atoms with van der Waals surface area (Å²) in [5, 5.41) is 15.2. The number of benzene rings is 1. The molecule has 1 aliphatic rings. The minimum Gasteiger partial charge on any atom is -0.488 e. The number of ether oxygens (including phenoxy) is 1. The SMILES string of the molecule is CC(C)NC(=O)Nc1ccc2c(c1)C(=O)N([C@@H](C)CO)C[C@H](C)[C@H](CN(C)S(=O)(=O)c1cn(C)cn1)O2. The molecule has 3 atom stereocenters. The summed E-state index contributed by atoms with van der Waals surface area (Å²) in [6, 6.07) is 3.74. The number of likely N-dealkylation sites (N-methyl/N-ethyl adjacent to an activating group) is 1. The Balaban J connectivity index is 1.95. The maximum atomic E-state index is 13.5. The minimum atomic E-state index is -3.87. The number of carbonyl (C=O) groups excluding carboxylic acids is 2. The second-order valence-electron chi connectivity index (χ2n) is 9.75. The van der Waals surface area contributed by atoms with Crippen molar-refractivity contribution in [1.29, 1.82) is 0 Å². The minimum absolute atomic E-state index is 0.00580. The number of hydrogen-bond donors (Lipinski definition) is 3. The molecule has 3 amide bonds. The van der Waals surface area contributed by atoms with Crippen LogP contribution in [0.1, 0.15) is 38.1 Å². The van der Waals surface area contributed by atoms with Crippen molar-refractivity contribution in [3.8, 4) is 5.75 Å². The van der Waals surface area contributed by atoms with Gasteiger partial charge in [-0.25, -0.2) is 18.2 Å². The van der Waals surface area contributed by atoms with Crippen molar-refractivity contribution in [1.82, 2.24) is 24.1 Å². The van der Waals surface area contributed by atoms with Crippen LogP contribution >= 0.6 is 0 Å². The molecule has 0 fully saturated rings. The van der Waals surface area contributed by atoms with Crippen LogP contribution in [0.2, 0.25) is 0 Å². The number of nitrogens with one attached hydrogen (secondary N) is 2. The predicted octanol–water partition coefficient (Wildman–Crippen LogP) is 1.49. The summed E-state index contributed by atoms with van der Waals surface area (Å²) in [7, 11) is -0.724. The first kappa shape index (κ1) is 28.4. The van der Waals surface area contributed by atoms with E-state index in [0.29, 0.717) is 5.69 Å². The number of rotatable bonds is 8. The van der Waals surface area contributed by atoms with Crippen LogP contribution in [0.4, 0.5) is 10.5 Å². The Morgan fingerprint density at radius 2 is 2.03 bits per heavy atom. The van der Waals surface area contributed by atoms with Gasteiger partial charge in [-0.1, -0.05) is 6.92 Å². The van der Waals surface area contributed by atoms with E-state index in [2.05, 4.69) is 15.6 Å². The van der Waals surface area contributed by atoms with E-state index >= 15 is 0 Å². The van der Waals surface area contributed by atoms with E-state index < -0.39 is 28.2 Å². The fourth-order valence-electron chi connectivity index (χ4n) is 3.98. The van der Waals surface area contributed by atoms with E-state index in [9.17, 15) is 23.1 Å². The lowest BCUT2D eigenvalue weighted by Gasteiger charge is -2.38. The molecule has 0 aliphatic carbocycles. The standard InChI is InChI=1S/C24H36N6O6S/c1-15(2)26-24(33)27-18-7-8-20-19(9-18)23(32)30(17(4)13-31)10-16(3)21(36-20)11-29(6)37(34,35)22-12-28(5)14-25-22/h7-9,12,14-17,21,31H,10-11,13H2,1-6H3,(H2,26,27,33)/t16-,17-,21-/m0/s1. The normalized spacial score (nSPS) is 19.2. The van der Waals surface area contributed by atoms with Crippen LogP contribution in [0, 0.1) is 5.92 Å². The fraction of sp³-hybridized carbons (Fsp3) is 0.542. The second kappa shape index (κ2) is 11.5. The molecule has 3 N–H and O–H groups in total. The number of aryl methyl sites for hydroxylation is 1. The molecule has 13 heteroatoms. The molecule has 3 rings (SSSR count). The molecule has 1 aliphatic heterocycles. The molecule has 2 heterocycles. The van der Waals surface area contributed by atoms with Gasteiger partial charge in [0.05, 0.1) is 31.1 Å². The van der Waals surface area contributed by atoms with E-state index in [1.54, 1.807) is 35.6 Å². The Bertz CT molecular complexity index is 1230. The zero-order chi connectivity index (χ0) is 27.5. The maximum absolute atomic E-state index is 13.5. The lowest BCUT2D eigenvalue weighted by atomic mass is 9.99. The van der Waals surface area contributed by atoms with Gasteiger partial charge in [0.25, 0.3) is 15.9 Å². The molecule has 0 radical (unpaired) electrons. The van der Waals surface area contributed by atoms with Crippen LogP contribution < -0.4 is 15.4 Å². The zero-order valence-corrected chi connectivity index (χ0v) is 22.8. The third-order valence-corrected chi connectivity index (χ3v) is 7.84. The lowest BCUT2D eigenvalue weighted by Crippen LogP contribution is -2.50. The van der Waals surface area contributed by atoms with E-state index in [-0.39, 0.29) is 53.9 Å². The number of nitrogens with zero attached hydrogens (tertiary/aromatic N) is 4. The highest BCUT2D eigenvalue weighted by Gasteiger charge is 2.35. The number of hydrogen-bond acceptors (Lipinski definition) is 7. The van der Waals surface area contributed by atoms with Crippen LogP contribution in [-0.4, -0.2) is 89.2 Å². The number of aromatic nitrogens is 2. The molecule has 1 aromatic heterocycles. The van der Waals surface area contributed by atoms with Crippen molar-refractivity contribution in [3.05, 3.63) is 36.3 Å². The van der Waals surface area contributed by atoms with Gasteiger partial charge in [0.15, 0.2) is 5.03 Å². The van der Waals surface area contributed by atoms with Gasteiger partial charge >= 0.3 is 6.03 Å². The number of aliphatic hydroxyl groups is 1. The Morgan fingerprint density at radius 3 is 2.62 bits per heavy atom. The zero-order valence-electron chi connectivity index (χ0n) is 22.0.